The molecular formula is C16H16N2S2. The van der Waals surface area contributed by atoms with Crippen LogP contribution in [0.5, 0.6) is 0 Å². The molecule has 0 aliphatic heterocycles. The van der Waals surface area contributed by atoms with Gasteiger partial charge in [-0.25, -0.2) is 4.98 Å². The molecule has 2 nitrogen and oxygen atoms in total. The molecule has 0 fully saturated rings. The molecule has 0 amide bonds. The fraction of sp³-hybridized carbons (Fsp3) is 0.188. The minimum absolute atomic E-state index is 0.344. The third kappa shape index (κ3) is 2.98. The number of hydrogen-bond donors (Lipinski definition) is 1. The molecule has 1 unspecified atom stereocenters. The molecule has 0 aliphatic rings. The van der Waals surface area contributed by atoms with E-state index in [-0.39, 0.29) is 0 Å². The Bertz CT molecular complexity index is 644. The molecule has 2 heterocycles. The van der Waals surface area contributed by atoms with Crippen LogP contribution in [0.1, 0.15) is 16.6 Å². The predicted molar refractivity (Wildman–Crippen MR) is 87.4 cm³/mol. The molecule has 0 saturated heterocycles. The Labute approximate surface area is 127 Å². The van der Waals surface area contributed by atoms with Crippen molar-refractivity contribution in [2.45, 2.75) is 12.5 Å². The number of nitrogens with one attached hydrogen (secondary N) is 1. The monoisotopic (exact) mass is 300 g/mol. The predicted octanol–water partition coefficient (Wildman–Crippen LogP) is 4.37. The van der Waals surface area contributed by atoms with Crippen molar-refractivity contribution in [2.24, 2.45) is 0 Å². The van der Waals surface area contributed by atoms with Crippen LogP contribution in [0.15, 0.2) is 52.5 Å². The molecule has 0 radical (unpaired) electrons. The van der Waals surface area contributed by atoms with Gasteiger partial charge in [-0.1, -0.05) is 30.3 Å². The smallest absolute Gasteiger partial charge is 0.0951 e. The molecule has 4 heteroatoms. The number of benzene rings is 1. The third-order valence-electron chi connectivity index (χ3n) is 3.29. The maximum absolute atomic E-state index is 4.76. The van der Waals surface area contributed by atoms with Gasteiger partial charge in [-0.05, 0) is 29.4 Å². The first-order valence-corrected chi connectivity index (χ1v) is 8.38. The van der Waals surface area contributed by atoms with Crippen LogP contribution in [-0.4, -0.2) is 12.0 Å². The zero-order valence-electron chi connectivity index (χ0n) is 11.2. The molecule has 1 aromatic carbocycles. The highest BCUT2D eigenvalue weighted by Gasteiger charge is 2.13. The lowest BCUT2D eigenvalue weighted by molar-refractivity contribution is 0.592. The molecule has 0 aliphatic carbocycles. The fourth-order valence-corrected chi connectivity index (χ4v) is 3.75. The van der Waals surface area contributed by atoms with Gasteiger partial charge in [0, 0.05) is 23.4 Å². The van der Waals surface area contributed by atoms with Crippen LogP contribution >= 0.6 is 22.7 Å². The molecule has 3 aromatic rings. The van der Waals surface area contributed by atoms with Crippen LogP contribution in [0.25, 0.3) is 11.3 Å². The van der Waals surface area contributed by atoms with Crippen LogP contribution in [0.3, 0.4) is 0 Å². The van der Waals surface area contributed by atoms with Gasteiger partial charge in [0.1, 0.15) is 0 Å². The molecule has 20 heavy (non-hydrogen) atoms. The highest BCUT2D eigenvalue weighted by Crippen LogP contribution is 2.26. The molecule has 0 saturated carbocycles. The lowest BCUT2D eigenvalue weighted by atomic mass is 10.1. The van der Waals surface area contributed by atoms with Crippen LogP contribution in [-0.2, 0) is 6.42 Å². The van der Waals surface area contributed by atoms with Crippen molar-refractivity contribution < 1.29 is 0 Å². The number of thiazole rings is 1. The molecule has 0 spiro atoms. The second-order valence-corrected chi connectivity index (χ2v) is 6.32. The van der Waals surface area contributed by atoms with E-state index in [1.165, 1.54) is 16.1 Å². The maximum atomic E-state index is 4.76. The van der Waals surface area contributed by atoms with Gasteiger partial charge in [0.05, 0.1) is 10.7 Å². The molecule has 102 valence electrons. The van der Waals surface area contributed by atoms with Crippen LogP contribution in [0.2, 0.25) is 0 Å². The van der Waals surface area contributed by atoms with Gasteiger partial charge in [-0.2, -0.15) is 11.3 Å². The van der Waals surface area contributed by atoms with E-state index in [2.05, 4.69) is 51.8 Å². The molecule has 1 N–H and O–H groups in total. The number of nitrogens with zero attached hydrogens (tertiary/aromatic N) is 1. The molecule has 1 atom stereocenters. The number of thiophene rings is 1. The summed E-state index contributed by atoms with van der Waals surface area (Å²) in [5, 5.41) is 11.0. The summed E-state index contributed by atoms with van der Waals surface area (Å²) < 4.78 is 0. The van der Waals surface area contributed by atoms with Crippen molar-refractivity contribution in [1.29, 1.82) is 0 Å². The van der Waals surface area contributed by atoms with E-state index in [9.17, 15) is 0 Å². The fourth-order valence-electron chi connectivity index (χ4n) is 2.18. The second-order valence-electron chi connectivity index (χ2n) is 4.59. The van der Waals surface area contributed by atoms with Gasteiger partial charge in [0.2, 0.25) is 0 Å². The van der Waals surface area contributed by atoms with Crippen molar-refractivity contribution in [3.63, 3.8) is 0 Å². The Morgan fingerprint density at radius 3 is 2.70 bits per heavy atom. The molecular weight excluding hydrogens is 284 g/mol. The number of rotatable bonds is 5. The minimum Gasteiger partial charge on any atom is -0.313 e. The first kappa shape index (κ1) is 13.5. The van der Waals surface area contributed by atoms with Crippen molar-refractivity contribution in [3.05, 3.63) is 63.1 Å². The van der Waals surface area contributed by atoms with E-state index < -0.39 is 0 Å². The number of likely N-dealkylation sites (N-methyl/N-ethyl adjacent to an activating group) is 1. The minimum atomic E-state index is 0.344. The zero-order valence-corrected chi connectivity index (χ0v) is 12.9. The first-order valence-electron chi connectivity index (χ1n) is 6.56. The van der Waals surface area contributed by atoms with Crippen LogP contribution < -0.4 is 5.32 Å². The van der Waals surface area contributed by atoms with Crippen molar-refractivity contribution in [3.8, 4) is 11.3 Å². The Balaban J connectivity index is 1.77. The average molecular weight is 300 g/mol. The highest BCUT2D eigenvalue weighted by molar-refractivity contribution is 7.10. The Morgan fingerprint density at radius 1 is 1.15 bits per heavy atom. The van der Waals surface area contributed by atoms with Crippen molar-refractivity contribution >= 4 is 22.7 Å². The van der Waals surface area contributed by atoms with Crippen molar-refractivity contribution in [2.75, 3.05) is 7.05 Å². The maximum Gasteiger partial charge on any atom is 0.0951 e. The number of aromatic nitrogens is 1. The van der Waals surface area contributed by atoms with E-state index in [1.807, 2.05) is 13.1 Å². The van der Waals surface area contributed by atoms with Crippen LogP contribution in [0.4, 0.5) is 0 Å². The zero-order chi connectivity index (χ0) is 13.8. The van der Waals surface area contributed by atoms with Gasteiger partial charge in [-0.15, -0.1) is 11.3 Å². The Morgan fingerprint density at radius 2 is 2.00 bits per heavy atom. The summed E-state index contributed by atoms with van der Waals surface area (Å²) in [7, 11) is 2.01. The summed E-state index contributed by atoms with van der Waals surface area (Å²) in [5.74, 6) is 0. The lowest BCUT2D eigenvalue weighted by Gasteiger charge is -2.12. The summed E-state index contributed by atoms with van der Waals surface area (Å²) in [6.45, 7) is 0. The molecule has 0 bridgehead atoms. The first-order chi connectivity index (χ1) is 9.86. The highest BCUT2D eigenvalue weighted by atomic mass is 32.1. The summed E-state index contributed by atoms with van der Waals surface area (Å²) in [6.07, 6.45) is 0.935. The largest absolute Gasteiger partial charge is 0.313 e. The van der Waals surface area contributed by atoms with Crippen molar-refractivity contribution in [1.82, 2.24) is 10.3 Å². The van der Waals surface area contributed by atoms with Gasteiger partial charge in [0.15, 0.2) is 0 Å². The normalized spacial score (nSPS) is 12.4. The average Bonchev–Trinajstić information content (AvgIpc) is 3.17. The van der Waals surface area contributed by atoms with Gasteiger partial charge >= 0.3 is 0 Å². The second kappa shape index (κ2) is 6.31. The van der Waals surface area contributed by atoms with E-state index >= 15 is 0 Å². The van der Waals surface area contributed by atoms with Gasteiger partial charge < -0.3 is 5.32 Å². The summed E-state index contributed by atoms with van der Waals surface area (Å²) in [5.41, 5.74) is 3.60. The summed E-state index contributed by atoms with van der Waals surface area (Å²) >= 11 is 3.48. The Hall–Kier alpha value is -1.49. The van der Waals surface area contributed by atoms with Gasteiger partial charge in [-0.3, -0.25) is 0 Å². The number of hydrogen-bond acceptors (Lipinski definition) is 4. The van der Waals surface area contributed by atoms with E-state index in [4.69, 9.17) is 4.98 Å². The van der Waals surface area contributed by atoms with Crippen LogP contribution in [0, 0.1) is 0 Å². The molecule has 3 rings (SSSR count). The Kier molecular flexibility index (Phi) is 4.25. The lowest BCUT2D eigenvalue weighted by Crippen LogP contribution is -2.18. The van der Waals surface area contributed by atoms with Gasteiger partial charge in [0.25, 0.3) is 0 Å². The van der Waals surface area contributed by atoms with E-state index in [0.717, 1.165) is 12.1 Å². The SMILES string of the molecule is CNC(Cc1nc(-c2ccccc2)cs1)c1ccsc1. The topological polar surface area (TPSA) is 24.9 Å². The standard InChI is InChI=1S/C16H16N2S2/c1-17-14(13-7-8-19-10-13)9-16-18-15(11-20-16)12-5-3-2-4-6-12/h2-8,10-11,14,17H,9H2,1H3. The summed E-state index contributed by atoms with van der Waals surface area (Å²) in [6, 6.07) is 12.9. The summed E-state index contributed by atoms with van der Waals surface area (Å²) in [4.78, 5) is 4.76. The van der Waals surface area contributed by atoms with E-state index in [1.54, 1.807) is 22.7 Å². The molecule has 2 aromatic heterocycles. The van der Waals surface area contributed by atoms with E-state index in [0.29, 0.717) is 6.04 Å². The third-order valence-corrected chi connectivity index (χ3v) is 4.87. The quantitative estimate of drug-likeness (QED) is 0.756.